The fraction of sp³-hybridized carbons (Fsp3) is 0.286. The van der Waals surface area contributed by atoms with Crippen molar-refractivity contribution in [3.63, 3.8) is 0 Å². The SMILES string of the molecule is C[Si](C)(C)OC(c1c[c-]cs1)c1ccccc1F.[Li+]. The summed E-state index contributed by atoms with van der Waals surface area (Å²) in [4.78, 5) is 1.00. The quantitative estimate of drug-likeness (QED) is 0.613. The van der Waals surface area contributed by atoms with E-state index in [-0.39, 0.29) is 30.8 Å². The molecule has 0 N–H and O–H groups in total. The van der Waals surface area contributed by atoms with Crippen LogP contribution in [0.5, 0.6) is 0 Å². The van der Waals surface area contributed by atoms with Gasteiger partial charge in [-0.3, -0.25) is 11.3 Å². The van der Waals surface area contributed by atoms with Crippen molar-refractivity contribution in [3.05, 3.63) is 58.0 Å². The van der Waals surface area contributed by atoms with Gasteiger partial charge in [0.2, 0.25) is 0 Å². The number of rotatable bonds is 4. The average Bonchev–Trinajstić information content (AvgIpc) is 2.79. The molecular weight excluding hydrogens is 270 g/mol. The molecule has 0 spiro atoms. The average molecular weight is 286 g/mol. The van der Waals surface area contributed by atoms with E-state index in [1.807, 2.05) is 17.5 Å². The third-order valence-corrected chi connectivity index (χ3v) is 4.21. The van der Waals surface area contributed by atoms with Crippen LogP contribution < -0.4 is 18.9 Å². The van der Waals surface area contributed by atoms with Crippen LogP contribution >= 0.6 is 11.3 Å². The molecule has 0 saturated heterocycles. The standard InChI is InChI=1S/C14H16FOSSi.Li/c1-18(2,3)16-14(13-9-6-10-17-13)11-7-4-5-8-12(11)15;/h4-5,7-10,14H,1-3H3;/q-1;+1. The molecule has 2 rings (SSSR count). The van der Waals surface area contributed by atoms with Crippen LogP contribution in [0.3, 0.4) is 0 Å². The van der Waals surface area contributed by atoms with Crippen molar-refractivity contribution in [1.82, 2.24) is 0 Å². The minimum atomic E-state index is -1.76. The van der Waals surface area contributed by atoms with Gasteiger partial charge >= 0.3 is 18.9 Å². The molecule has 0 aliphatic heterocycles. The molecule has 1 atom stereocenters. The van der Waals surface area contributed by atoms with Crippen LogP contribution in [0.4, 0.5) is 4.39 Å². The first-order valence-electron chi connectivity index (χ1n) is 5.84. The Labute approximate surface area is 131 Å². The summed E-state index contributed by atoms with van der Waals surface area (Å²) >= 11 is 1.55. The Hall–Kier alpha value is -0.376. The molecule has 5 heteroatoms. The van der Waals surface area contributed by atoms with Gasteiger partial charge in [-0.1, -0.05) is 18.2 Å². The Bertz CT molecular complexity index is 510. The van der Waals surface area contributed by atoms with E-state index in [0.717, 1.165) is 4.88 Å². The van der Waals surface area contributed by atoms with E-state index < -0.39 is 8.32 Å². The molecule has 0 aliphatic rings. The van der Waals surface area contributed by atoms with E-state index in [0.29, 0.717) is 5.56 Å². The van der Waals surface area contributed by atoms with E-state index in [4.69, 9.17) is 4.43 Å². The Morgan fingerprint density at radius 3 is 2.47 bits per heavy atom. The molecule has 1 unspecified atom stereocenters. The zero-order valence-electron chi connectivity index (χ0n) is 11.7. The monoisotopic (exact) mass is 286 g/mol. The normalized spacial score (nSPS) is 12.8. The van der Waals surface area contributed by atoms with Gasteiger partial charge in [-0.25, -0.2) is 16.5 Å². The Kier molecular flexibility index (Phi) is 6.03. The van der Waals surface area contributed by atoms with Crippen LogP contribution in [-0.4, -0.2) is 8.32 Å². The molecule has 0 amide bonds. The van der Waals surface area contributed by atoms with E-state index in [2.05, 4.69) is 25.7 Å². The fourth-order valence-corrected chi connectivity index (χ4v) is 3.46. The minimum Gasteiger partial charge on any atom is -0.422 e. The van der Waals surface area contributed by atoms with Crippen molar-refractivity contribution in [3.8, 4) is 0 Å². The van der Waals surface area contributed by atoms with Crippen LogP contribution in [0, 0.1) is 11.9 Å². The molecule has 0 bridgehead atoms. The number of halogens is 1. The summed E-state index contributed by atoms with van der Waals surface area (Å²) in [6, 6.07) is 11.7. The van der Waals surface area contributed by atoms with Gasteiger partial charge < -0.3 is 4.43 Å². The summed E-state index contributed by atoms with van der Waals surface area (Å²) in [7, 11) is -1.76. The number of hydrogen-bond donors (Lipinski definition) is 0. The summed E-state index contributed by atoms with van der Waals surface area (Å²) in [6.45, 7) is 6.33. The van der Waals surface area contributed by atoms with Crippen molar-refractivity contribution in [2.24, 2.45) is 0 Å². The molecule has 2 aromatic rings. The molecular formula is C14H16FLiOSSi. The summed E-state index contributed by atoms with van der Waals surface area (Å²) < 4.78 is 20.1. The molecule has 0 fully saturated rings. The number of benzene rings is 1. The predicted molar refractivity (Wildman–Crippen MR) is 75.8 cm³/mol. The maximum absolute atomic E-state index is 13.9. The second-order valence-electron chi connectivity index (χ2n) is 5.08. The van der Waals surface area contributed by atoms with Crippen molar-refractivity contribution >= 4 is 19.7 Å². The van der Waals surface area contributed by atoms with Crippen LogP contribution in [0.2, 0.25) is 19.6 Å². The molecule has 0 aliphatic carbocycles. The van der Waals surface area contributed by atoms with Gasteiger partial charge in [0.15, 0.2) is 8.32 Å². The zero-order chi connectivity index (χ0) is 13.2. The van der Waals surface area contributed by atoms with Gasteiger partial charge in [-0.05, 0) is 25.7 Å². The van der Waals surface area contributed by atoms with E-state index in [1.165, 1.54) is 6.07 Å². The molecule has 1 aromatic heterocycles. The first-order valence-corrected chi connectivity index (χ1v) is 10.1. The van der Waals surface area contributed by atoms with E-state index in [9.17, 15) is 4.39 Å². The minimum absolute atomic E-state index is 0. The van der Waals surface area contributed by atoms with Gasteiger partial charge in [-0.15, -0.1) is 10.3 Å². The molecule has 0 radical (unpaired) electrons. The Balaban J connectivity index is 0.00000180. The van der Waals surface area contributed by atoms with Crippen LogP contribution in [0.15, 0.2) is 35.7 Å². The van der Waals surface area contributed by atoms with Crippen molar-refractivity contribution in [2.45, 2.75) is 25.7 Å². The smallest absolute Gasteiger partial charge is 0.422 e. The van der Waals surface area contributed by atoms with Crippen LogP contribution in [0.25, 0.3) is 0 Å². The van der Waals surface area contributed by atoms with Crippen molar-refractivity contribution in [1.29, 1.82) is 0 Å². The predicted octanol–water partition coefficient (Wildman–Crippen LogP) is 1.63. The topological polar surface area (TPSA) is 9.23 Å². The first kappa shape index (κ1) is 16.7. The maximum atomic E-state index is 13.9. The van der Waals surface area contributed by atoms with E-state index >= 15 is 0 Å². The summed E-state index contributed by atoms with van der Waals surface area (Å²) in [5.41, 5.74) is 0.607. The van der Waals surface area contributed by atoms with Gasteiger partial charge in [0, 0.05) is 11.7 Å². The third kappa shape index (κ3) is 4.59. The largest absolute Gasteiger partial charge is 1.00 e. The summed E-state index contributed by atoms with van der Waals surface area (Å²) in [5, 5.41) is 1.87. The molecule has 1 aromatic carbocycles. The summed E-state index contributed by atoms with van der Waals surface area (Å²) in [5.74, 6) is -0.214. The zero-order valence-corrected chi connectivity index (χ0v) is 13.6. The molecule has 0 saturated carbocycles. The van der Waals surface area contributed by atoms with E-state index in [1.54, 1.807) is 23.5 Å². The Morgan fingerprint density at radius 1 is 1.26 bits per heavy atom. The number of thiophene rings is 1. The molecule has 1 nitrogen and oxygen atoms in total. The second-order valence-corrected chi connectivity index (χ2v) is 10.5. The maximum Gasteiger partial charge on any atom is 1.00 e. The molecule has 96 valence electrons. The second kappa shape index (κ2) is 6.87. The van der Waals surface area contributed by atoms with Gasteiger partial charge in [0.1, 0.15) is 5.82 Å². The third-order valence-electron chi connectivity index (χ3n) is 2.41. The van der Waals surface area contributed by atoms with Crippen molar-refractivity contribution in [2.75, 3.05) is 0 Å². The Morgan fingerprint density at radius 2 is 1.95 bits per heavy atom. The van der Waals surface area contributed by atoms with Crippen LogP contribution in [-0.2, 0) is 4.43 Å². The molecule has 19 heavy (non-hydrogen) atoms. The van der Waals surface area contributed by atoms with Gasteiger partial charge in [-0.2, -0.15) is 0 Å². The fourth-order valence-electron chi connectivity index (χ4n) is 1.71. The van der Waals surface area contributed by atoms with Gasteiger partial charge in [0.25, 0.3) is 0 Å². The number of hydrogen-bond acceptors (Lipinski definition) is 2. The first-order chi connectivity index (χ1) is 8.47. The van der Waals surface area contributed by atoms with Gasteiger partial charge in [0.05, 0.1) is 0 Å². The van der Waals surface area contributed by atoms with Crippen LogP contribution in [0.1, 0.15) is 16.5 Å². The molecule has 1 heterocycles. The summed E-state index contributed by atoms with van der Waals surface area (Å²) in [6.07, 6.45) is -0.311. The van der Waals surface area contributed by atoms with Crippen molar-refractivity contribution < 1.29 is 27.7 Å².